The minimum atomic E-state index is -3.84. The van der Waals surface area contributed by atoms with Gasteiger partial charge in [-0.1, -0.05) is 19.1 Å². The normalized spacial score (nSPS) is 21.0. The van der Waals surface area contributed by atoms with Gasteiger partial charge in [-0.2, -0.15) is 4.31 Å². The van der Waals surface area contributed by atoms with Gasteiger partial charge in [0.15, 0.2) is 6.10 Å². The lowest BCUT2D eigenvalue weighted by molar-refractivity contribution is -0.123. The van der Waals surface area contributed by atoms with Gasteiger partial charge in [0.25, 0.3) is 5.91 Å². The Hall–Kier alpha value is -2.91. The van der Waals surface area contributed by atoms with Crippen molar-refractivity contribution < 1.29 is 22.7 Å². The summed E-state index contributed by atoms with van der Waals surface area (Å²) >= 11 is 0. The molecule has 2 heterocycles. The first kappa shape index (κ1) is 23.3. The molecule has 9 heteroatoms. The summed E-state index contributed by atoms with van der Waals surface area (Å²) in [6, 6.07) is 10.7. The van der Waals surface area contributed by atoms with Gasteiger partial charge in [-0.3, -0.25) is 9.59 Å². The number of piperidine rings is 1. The van der Waals surface area contributed by atoms with Crippen LogP contribution in [0.5, 0.6) is 5.75 Å². The van der Waals surface area contributed by atoms with Gasteiger partial charge in [0.05, 0.1) is 16.5 Å². The van der Waals surface area contributed by atoms with Crippen LogP contribution in [0.1, 0.15) is 37.8 Å². The Bertz CT molecular complexity index is 1180. The molecule has 0 aliphatic carbocycles. The Labute approximate surface area is 194 Å². The molecule has 2 atom stereocenters. The van der Waals surface area contributed by atoms with Crippen LogP contribution in [-0.4, -0.2) is 43.7 Å². The summed E-state index contributed by atoms with van der Waals surface area (Å²) in [6.45, 7) is 5.83. The lowest BCUT2D eigenvalue weighted by atomic mass is 9.98. The topological polar surface area (TPSA) is 105 Å². The number of nitrogens with one attached hydrogen (secondary N) is 2. The third-order valence-corrected chi connectivity index (χ3v) is 8.22. The molecule has 2 amide bonds. The number of amides is 2. The summed E-state index contributed by atoms with van der Waals surface area (Å²) in [7, 11) is -3.84. The van der Waals surface area contributed by atoms with Crippen molar-refractivity contribution in [2.75, 3.05) is 23.7 Å². The molecular formula is C24H29N3O5S. The van der Waals surface area contributed by atoms with Gasteiger partial charge in [-0.25, -0.2) is 8.42 Å². The number of hydrogen-bond donors (Lipinski definition) is 2. The highest BCUT2D eigenvalue weighted by atomic mass is 32.2. The Balaban J connectivity index is 1.52. The number of hydrogen-bond acceptors (Lipinski definition) is 5. The van der Waals surface area contributed by atoms with Crippen molar-refractivity contribution in [1.29, 1.82) is 0 Å². The predicted octanol–water partition coefficient (Wildman–Crippen LogP) is 3.32. The summed E-state index contributed by atoms with van der Waals surface area (Å²) < 4.78 is 34.0. The third-order valence-electron chi connectivity index (χ3n) is 6.21. The summed E-state index contributed by atoms with van der Waals surface area (Å²) in [4.78, 5) is 24.8. The average molecular weight is 472 g/mol. The van der Waals surface area contributed by atoms with E-state index in [1.807, 2.05) is 24.3 Å². The highest BCUT2D eigenvalue weighted by Crippen LogP contribution is 2.36. The lowest BCUT2D eigenvalue weighted by Crippen LogP contribution is -2.44. The van der Waals surface area contributed by atoms with E-state index in [1.165, 1.54) is 15.9 Å². The van der Waals surface area contributed by atoms with E-state index in [0.717, 1.165) is 6.42 Å². The van der Waals surface area contributed by atoms with Crippen LogP contribution < -0.4 is 15.4 Å². The number of fused-ring (bicyclic) bond motifs is 1. The Morgan fingerprint density at radius 1 is 1.24 bits per heavy atom. The van der Waals surface area contributed by atoms with Crippen molar-refractivity contribution in [3.05, 3.63) is 47.5 Å². The van der Waals surface area contributed by atoms with Crippen LogP contribution in [0, 0.1) is 12.8 Å². The van der Waals surface area contributed by atoms with Crippen molar-refractivity contribution >= 4 is 33.2 Å². The maximum atomic E-state index is 13.5. The second-order valence-corrected chi connectivity index (χ2v) is 10.5. The Morgan fingerprint density at radius 3 is 2.67 bits per heavy atom. The van der Waals surface area contributed by atoms with E-state index in [9.17, 15) is 18.0 Å². The SMILES string of the molecule is CCc1ccc(NC(=O)[C@H]2CCCN(S(=O)(=O)c3cc4c(cc3C)NC(=O)[C@@H](C)O4)C2)cc1. The van der Waals surface area contributed by atoms with E-state index < -0.39 is 22.0 Å². The van der Waals surface area contributed by atoms with Crippen LogP contribution in [0.2, 0.25) is 0 Å². The minimum Gasteiger partial charge on any atom is -0.479 e. The minimum absolute atomic E-state index is 0.117. The monoisotopic (exact) mass is 471 g/mol. The van der Waals surface area contributed by atoms with Crippen LogP contribution in [0.4, 0.5) is 11.4 Å². The molecule has 2 aromatic rings. The Morgan fingerprint density at radius 2 is 1.97 bits per heavy atom. The summed E-state index contributed by atoms with van der Waals surface area (Å²) in [6.07, 6.45) is 1.44. The van der Waals surface area contributed by atoms with Gasteiger partial charge < -0.3 is 15.4 Å². The molecule has 1 fully saturated rings. The molecule has 8 nitrogen and oxygen atoms in total. The van der Waals surface area contributed by atoms with Crippen molar-refractivity contribution in [2.24, 2.45) is 5.92 Å². The van der Waals surface area contributed by atoms with Crippen LogP contribution >= 0.6 is 0 Å². The number of sulfonamides is 1. The zero-order valence-corrected chi connectivity index (χ0v) is 19.9. The number of carbonyl (C=O) groups is 2. The first-order valence-electron chi connectivity index (χ1n) is 11.2. The molecule has 33 heavy (non-hydrogen) atoms. The summed E-state index contributed by atoms with van der Waals surface area (Å²) in [5.41, 5.74) is 2.85. The van der Waals surface area contributed by atoms with Crippen molar-refractivity contribution in [3.8, 4) is 5.75 Å². The molecule has 0 aromatic heterocycles. The third kappa shape index (κ3) is 4.74. The number of carbonyl (C=O) groups excluding carboxylic acids is 2. The zero-order valence-electron chi connectivity index (χ0n) is 19.1. The van der Waals surface area contributed by atoms with Gasteiger partial charge in [0.2, 0.25) is 15.9 Å². The van der Waals surface area contributed by atoms with Crippen LogP contribution in [0.25, 0.3) is 0 Å². The molecule has 176 valence electrons. The summed E-state index contributed by atoms with van der Waals surface area (Å²) in [5, 5.41) is 5.65. The standard InChI is InChI=1S/C24H29N3O5S/c1-4-17-7-9-19(10-8-17)25-24(29)18-6-5-11-27(14-18)33(30,31)22-13-21-20(12-15(22)2)26-23(28)16(3)32-21/h7-10,12-13,16,18H,4-6,11,14H2,1-3H3,(H,25,29)(H,26,28)/t16-,18+/m1/s1. The fourth-order valence-corrected chi connectivity index (χ4v) is 5.95. The number of ether oxygens (including phenoxy) is 1. The van der Waals surface area contributed by atoms with E-state index in [4.69, 9.17) is 4.74 Å². The largest absolute Gasteiger partial charge is 0.479 e. The fourth-order valence-electron chi connectivity index (χ4n) is 4.20. The van der Waals surface area contributed by atoms with Crippen LogP contribution in [0.3, 0.4) is 0 Å². The molecule has 2 N–H and O–H groups in total. The zero-order chi connectivity index (χ0) is 23.8. The van der Waals surface area contributed by atoms with Gasteiger partial charge in [-0.15, -0.1) is 0 Å². The molecule has 2 aliphatic heterocycles. The highest BCUT2D eigenvalue weighted by Gasteiger charge is 2.35. The smallest absolute Gasteiger partial charge is 0.265 e. The Kier molecular flexibility index (Phi) is 6.45. The van der Waals surface area contributed by atoms with E-state index >= 15 is 0 Å². The van der Waals surface area contributed by atoms with E-state index in [-0.39, 0.29) is 23.3 Å². The second-order valence-electron chi connectivity index (χ2n) is 8.61. The van der Waals surface area contributed by atoms with Crippen molar-refractivity contribution in [3.63, 3.8) is 0 Å². The fraction of sp³-hybridized carbons (Fsp3) is 0.417. The van der Waals surface area contributed by atoms with Crippen LogP contribution in [0.15, 0.2) is 41.3 Å². The second kappa shape index (κ2) is 9.15. The van der Waals surface area contributed by atoms with E-state index in [2.05, 4.69) is 17.6 Å². The number of rotatable bonds is 5. The molecule has 2 aromatic carbocycles. The summed E-state index contributed by atoms with van der Waals surface area (Å²) in [5.74, 6) is -0.561. The molecule has 0 radical (unpaired) electrons. The molecular weight excluding hydrogens is 442 g/mol. The quantitative estimate of drug-likeness (QED) is 0.696. The highest BCUT2D eigenvalue weighted by molar-refractivity contribution is 7.89. The average Bonchev–Trinajstić information content (AvgIpc) is 2.80. The molecule has 0 spiro atoms. The number of aryl methyl sites for hydroxylation is 2. The van der Waals surface area contributed by atoms with E-state index in [1.54, 1.807) is 19.9 Å². The molecule has 0 bridgehead atoms. The van der Waals surface area contributed by atoms with Gasteiger partial charge in [0.1, 0.15) is 5.75 Å². The first-order chi connectivity index (χ1) is 15.7. The van der Waals surface area contributed by atoms with Gasteiger partial charge in [0, 0.05) is 24.8 Å². The van der Waals surface area contributed by atoms with Crippen molar-refractivity contribution in [1.82, 2.24) is 4.31 Å². The molecule has 0 saturated carbocycles. The van der Waals surface area contributed by atoms with E-state index in [0.29, 0.717) is 42.1 Å². The molecule has 0 unspecified atom stereocenters. The van der Waals surface area contributed by atoms with Gasteiger partial charge in [-0.05, 0) is 62.4 Å². The number of benzene rings is 2. The maximum Gasteiger partial charge on any atom is 0.265 e. The molecule has 1 saturated heterocycles. The molecule has 2 aliphatic rings. The lowest BCUT2D eigenvalue weighted by Gasteiger charge is -2.32. The number of anilines is 2. The first-order valence-corrected chi connectivity index (χ1v) is 12.6. The van der Waals surface area contributed by atoms with Gasteiger partial charge >= 0.3 is 0 Å². The van der Waals surface area contributed by atoms with Crippen LogP contribution in [-0.2, 0) is 26.0 Å². The maximum absolute atomic E-state index is 13.5. The number of nitrogens with zero attached hydrogens (tertiary/aromatic N) is 1. The van der Waals surface area contributed by atoms with Crippen molar-refractivity contribution in [2.45, 2.75) is 51.0 Å². The predicted molar refractivity (Wildman–Crippen MR) is 126 cm³/mol. The molecule has 4 rings (SSSR count).